The molecule has 0 N–H and O–H groups in total. The van der Waals surface area contributed by atoms with Gasteiger partial charge in [-0.2, -0.15) is 0 Å². The first kappa shape index (κ1) is 30.5. The van der Waals surface area contributed by atoms with Crippen LogP contribution in [0.5, 0.6) is 0 Å². The van der Waals surface area contributed by atoms with Crippen LogP contribution in [0.15, 0.2) is 108 Å². The van der Waals surface area contributed by atoms with Crippen molar-refractivity contribution in [3.8, 4) is 28.3 Å². The molecule has 0 aliphatic heterocycles. The molecule has 6 heteroatoms. The Morgan fingerprint density at radius 2 is 1.51 bits per heavy atom. The van der Waals surface area contributed by atoms with E-state index in [-0.39, 0.29) is 36.6 Å². The fourth-order valence-corrected chi connectivity index (χ4v) is 6.76. The first-order valence-corrected chi connectivity index (χ1v) is 17.7. The summed E-state index contributed by atoms with van der Waals surface area (Å²) >= 11 is 0. The van der Waals surface area contributed by atoms with Gasteiger partial charge in [-0.1, -0.05) is 115 Å². The number of aromatic nitrogens is 4. The normalized spacial score (nSPS) is 13.8. The topological polar surface area (TPSA) is 56.7 Å². The average molecular weight is 881 g/mol. The zero-order chi connectivity index (χ0) is 41.7. The maximum absolute atomic E-state index is 7.28. The van der Waals surface area contributed by atoms with E-state index in [9.17, 15) is 0 Å². The van der Waals surface area contributed by atoms with Crippen LogP contribution in [-0.2, 0) is 25.5 Å². The number of pyridine rings is 2. The molecule has 1 radical (unpaired) electrons. The smallest absolute Gasteiger partial charge is 0.168 e. The van der Waals surface area contributed by atoms with Crippen molar-refractivity contribution in [1.82, 2.24) is 19.5 Å². The van der Waals surface area contributed by atoms with Crippen molar-refractivity contribution in [2.45, 2.75) is 79.4 Å². The quantitative estimate of drug-likeness (QED) is 0.162. The van der Waals surface area contributed by atoms with E-state index in [1.807, 2.05) is 24.4 Å². The van der Waals surface area contributed by atoms with Crippen LogP contribution >= 0.6 is 0 Å². The molecule has 53 heavy (non-hydrogen) atoms. The number of rotatable bonds is 5. The minimum Gasteiger partial charge on any atom is -0.501 e. The van der Waals surface area contributed by atoms with Crippen molar-refractivity contribution in [2.24, 2.45) is 0 Å². The molecular weight excluding hydrogens is 829 g/mol. The largest absolute Gasteiger partial charge is 0.501 e. The van der Waals surface area contributed by atoms with Crippen LogP contribution in [0.25, 0.3) is 61.4 Å². The summed E-state index contributed by atoms with van der Waals surface area (Å²) in [5.74, 6) is 1.47. The van der Waals surface area contributed by atoms with Crippen molar-refractivity contribution < 1.29 is 32.7 Å². The van der Waals surface area contributed by atoms with Gasteiger partial charge in [-0.05, 0) is 64.2 Å². The van der Waals surface area contributed by atoms with Crippen LogP contribution in [0, 0.1) is 25.8 Å². The van der Waals surface area contributed by atoms with Crippen LogP contribution in [0.1, 0.15) is 96.3 Å². The standard InChI is InChI=1S/C34H34N3O.C13H12N.Ir/c1-20(2)22-13-10-14-23(21(3)4)29(22)37-30-27(34(5,6)7)18-19-35-32(30)36-33(37)26-16-11-15-25-24-12-8-9-17-28(24)38-31(25)26;1-10-3-6-12(7-4-10)13-8-5-11(2)9-14-13;/h8-15,17-21H,1-7H3;3-6,8-9H,1-2H3;/q2*-1;/i;1D3,2D3;. The Bertz CT molecular complexity index is 2660. The van der Waals surface area contributed by atoms with E-state index >= 15 is 0 Å². The Labute approximate surface area is 335 Å². The van der Waals surface area contributed by atoms with Crippen molar-refractivity contribution in [1.29, 1.82) is 0 Å². The molecule has 0 saturated carbocycles. The summed E-state index contributed by atoms with van der Waals surface area (Å²) in [5, 5.41) is 2.16. The molecule has 0 spiro atoms. The van der Waals surface area contributed by atoms with Gasteiger partial charge in [0.05, 0.1) is 16.9 Å². The van der Waals surface area contributed by atoms with E-state index in [0.717, 1.165) is 44.5 Å². The minimum absolute atomic E-state index is 0. The summed E-state index contributed by atoms with van der Waals surface area (Å²) in [7, 11) is 0. The van der Waals surface area contributed by atoms with Crippen molar-refractivity contribution >= 4 is 33.1 Å². The van der Waals surface area contributed by atoms with Crippen molar-refractivity contribution in [3.05, 3.63) is 143 Å². The molecule has 0 unspecified atom stereocenters. The van der Waals surface area contributed by atoms with Gasteiger partial charge in [0.2, 0.25) is 0 Å². The number of benzene rings is 4. The summed E-state index contributed by atoms with van der Waals surface area (Å²) in [6.07, 6.45) is 3.18. The summed E-state index contributed by atoms with van der Waals surface area (Å²) in [6.45, 7) is 11.5. The van der Waals surface area contributed by atoms with Gasteiger partial charge in [-0.15, -0.1) is 53.6 Å². The molecule has 4 aromatic heterocycles. The van der Waals surface area contributed by atoms with Gasteiger partial charge in [0.25, 0.3) is 0 Å². The number of para-hydroxylation sites is 2. The van der Waals surface area contributed by atoms with Crippen LogP contribution in [-0.4, -0.2) is 19.5 Å². The summed E-state index contributed by atoms with van der Waals surface area (Å²) in [6, 6.07) is 35.0. The summed E-state index contributed by atoms with van der Waals surface area (Å²) in [4.78, 5) is 14.1. The predicted molar refractivity (Wildman–Crippen MR) is 215 cm³/mol. The van der Waals surface area contributed by atoms with E-state index in [0.29, 0.717) is 23.1 Å². The maximum atomic E-state index is 7.28. The average Bonchev–Trinajstić information content (AvgIpc) is 3.76. The number of nitrogens with zero attached hydrogens (tertiary/aromatic N) is 4. The van der Waals surface area contributed by atoms with Gasteiger partial charge in [-0.3, -0.25) is 4.98 Å². The van der Waals surface area contributed by atoms with Gasteiger partial charge in [0.15, 0.2) is 5.65 Å². The van der Waals surface area contributed by atoms with Crippen LogP contribution in [0.3, 0.4) is 0 Å². The number of hydrogen-bond acceptors (Lipinski definition) is 4. The SMILES string of the molecule is CC(C)c1cccc(C(C)C)c1-n1c(-c2[c-]ccc3c2oc2ccccc23)nc2nccc(C(C)(C)C)c21.[2H]C([2H])([2H])c1c[c-]c(-c2ccc(C([2H])([2H])[2H])cn2)cc1.[Ir]. The Balaban J connectivity index is 0.000000236. The summed E-state index contributed by atoms with van der Waals surface area (Å²) < 4.78 is 52.5. The fraction of sp³-hybridized carbons (Fsp3) is 0.255. The molecule has 0 aliphatic rings. The first-order valence-electron chi connectivity index (χ1n) is 20.7. The molecule has 0 saturated heterocycles. The molecule has 0 aliphatic carbocycles. The molecule has 8 aromatic rings. The predicted octanol–water partition coefficient (Wildman–Crippen LogP) is 12.5. The van der Waals surface area contributed by atoms with E-state index in [1.165, 1.54) is 46.8 Å². The third-order valence-corrected chi connectivity index (χ3v) is 9.34. The number of imidazole rings is 1. The van der Waals surface area contributed by atoms with Gasteiger partial charge >= 0.3 is 0 Å². The molecule has 0 bridgehead atoms. The van der Waals surface area contributed by atoms with E-state index in [1.54, 1.807) is 12.1 Å². The third kappa shape index (κ3) is 7.36. The van der Waals surface area contributed by atoms with Crippen LogP contribution in [0.2, 0.25) is 0 Å². The first-order chi connectivity index (χ1) is 27.3. The van der Waals surface area contributed by atoms with Crippen LogP contribution < -0.4 is 0 Å². The second-order valence-electron chi connectivity index (χ2n) is 14.8. The molecular formula is C47H46IrN4O-2. The minimum atomic E-state index is -2.18. The molecule has 4 heterocycles. The Morgan fingerprint density at radius 1 is 0.774 bits per heavy atom. The second kappa shape index (κ2) is 15.2. The Kier molecular flexibility index (Phi) is 8.77. The maximum Gasteiger partial charge on any atom is 0.168 e. The second-order valence-corrected chi connectivity index (χ2v) is 14.8. The zero-order valence-corrected chi connectivity index (χ0v) is 33.4. The van der Waals surface area contributed by atoms with Crippen molar-refractivity contribution in [3.63, 3.8) is 0 Å². The van der Waals surface area contributed by atoms with E-state index in [4.69, 9.17) is 22.6 Å². The Morgan fingerprint density at radius 3 is 2.15 bits per heavy atom. The van der Waals surface area contributed by atoms with Crippen molar-refractivity contribution in [2.75, 3.05) is 0 Å². The number of fused-ring (bicyclic) bond motifs is 4. The van der Waals surface area contributed by atoms with Gasteiger partial charge in [0.1, 0.15) is 5.58 Å². The molecule has 0 fully saturated rings. The molecule has 4 aromatic carbocycles. The zero-order valence-electron chi connectivity index (χ0n) is 37.0. The van der Waals surface area contributed by atoms with Gasteiger partial charge in [-0.25, -0.2) is 4.98 Å². The number of hydrogen-bond donors (Lipinski definition) is 0. The molecule has 0 atom stereocenters. The molecule has 8 rings (SSSR count). The van der Waals surface area contributed by atoms with Crippen LogP contribution in [0.4, 0.5) is 0 Å². The molecule has 5 nitrogen and oxygen atoms in total. The van der Waals surface area contributed by atoms with E-state index in [2.05, 4.69) is 113 Å². The van der Waals surface area contributed by atoms with E-state index < -0.39 is 13.7 Å². The number of furan rings is 1. The summed E-state index contributed by atoms with van der Waals surface area (Å²) in [5.41, 5.74) is 10.7. The molecule has 0 amide bonds. The van der Waals surface area contributed by atoms with Gasteiger partial charge < -0.3 is 14.0 Å². The fourth-order valence-electron chi connectivity index (χ4n) is 6.76. The molecule has 271 valence electrons. The third-order valence-electron chi connectivity index (χ3n) is 9.34. The monoisotopic (exact) mass is 881 g/mol. The number of aryl methyl sites for hydroxylation is 2. The van der Waals surface area contributed by atoms with Gasteiger partial charge in [0, 0.05) is 51.8 Å². The Hall–Kier alpha value is -4.90.